The molecule has 0 aromatic heterocycles. The summed E-state index contributed by atoms with van der Waals surface area (Å²) in [5, 5.41) is 7.72. The van der Waals surface area contributed by atoms with Gasteiger partial charge in [-0.15, -0.1) is 0 Å². The van der Waals surface area contributed by atoms with Gasteiger partial charge in [0.15, 0.2) is 9.84 Å². The maximum Gasteiger partial charge on any atom is 0.337 e. The van der Waals surface area contributed by atoms with Crippen molar-refractivity contribution in [2.75, 3.05) is 16.2 Å². The first-order chi connectivity index (χ1) is 9.62. The van der Waals surface area contributed by atoms with E-state index >= 15 is 0 Å². The smallest absolute Gasteiger partial charge is 0.337 e. The molecule has 2 N–H and O–H groups in total. The van der Waals surface area contributed by atoms with Gasteiger partial charge >= 0.3 is 5.97 Å². The summed E-state index contributed by atoms with van der Waals surface area (Å²) in [5.74, 6) is -3.36. The topological polar surface area (TPSA) is 118 Å². The zero-order valence-corrected chi connectivity index (χ0v) is 12.2. The zero-order valence-electron chi connectivity index (χ0n) is 10.6. The Bertz CT molecular complexity index is 787. The number of rotatable bonds is 4. The molecule has 1 atom stereocenters. The standard InChI is InChI=1S/C11H12FNO6S2/c12-9-3-1-2-8(11(14)15)10(9)13-21(18,19)7-4-5-20(16,17)6-7/h1-3,7,13H,4-6H2,(H,14,15). The molecule has 0 radical (unpaired) electrons. The van der Waals surface area contributed by atoms with Crippen molar-refractivity contribution in [1.29, 1.82) is 0 Å². The summed E-state index contributed by atoms with van der Waals surface area (Å²) in [6.45, 7) is 0. The van der Waals surface area contributed by atoms with Crippen molar-refractivity contribution in [1.82, 2.24) is 0 Å². The van der Waals surface area contributed by atoms with Crippen LogP contribution in [0, 0.1) is 5.82 Å². The van der Waals surface area contributed by atoms with Crippen LogP contribution in [0.2, 0.25) is 0 Å². The summed E-state index contributed by atoms with van der Waals surface area (Å²) in [5.41, 5.74) is -1.23. The summed E-state index contributed by atoms with van der Waals surface area (Å²) >= 11 is 0. The predicted molar refractivity (Wildman–Crippen MR) is 73.0 cm³/mol. The molecule has 1 aromatic carbocycles. The Hall–Kier alpha value is -1.68. The molecule has 7 nitrogen and oxygen atoms in total. The fourth-order valence-electron chi connectivity index (χ4n) is 2.04. The molecule has 21 heavy (non-hydrogen) atoms. The van der Waals surface area contributed by atoms with Crippen LogP contribution in [0.4, 0.5) is 10.1 Å². The number of carbonyl (C=O) groups is 1. The summed E-state index contributed by atoms with van der Waals surface area (Å²) in [6.07, 6.45) is -0.103. The lowest BCUT2D eigenvalue weighted by molar-refractivity contribution is 0.0697. The first kappa shape index (κ1) is 15.7. The highest BCUT2D eigenvalue weighted by Crippen LogP contribution is 2.25. The van der Waals surface area contributed by atoms with E-state index in [-0.39, 0.29) is 12.2 Å². The number of sulfone groups is 1. The monoisotopic (exact) mass is 337 g/mol. The van der Waals surface area contributed by atoms with E-state index in [1.54, 1.807) is 0 Å². The number of para-hydroxylation sites is 1. The van der Waals surface area contributed by atoms with Crippen LogP contribution in [-0.4, -0.2) is 44.7 Å². The number of carboxylic acids is 1. The number of halogens is 1. The molecule has 0 saturated carbocycles. The lowest BCUT2D eigenvalue weighted by Gasteiger charge is -2.14. The first-order valence-electron chi connectivity index (χ1n) is 5.86. The number of sulfonamides is 1. The second-order valence-electron chi connectivity index (χ2n) is 4.64. The molecule has 1 unspecified atom stereocenters. The van der Waals surface area contributed by atoms with E-state index in [1.807, 2.05) is 4.72 Å². The van der Waals surface area contributed by atoms with Gasteiger partial charge in [0.25, 0.3) is 0 Å². The van der Waals surface area contributed by atoms with Crippen molar-refractivity contribution in [3.8, 4) is 0 Å². The zero-order chi connectivity index (χ0) is 15.8. The van der Waals surface area contributed by atoms with Gasteiger partial charge in [-0.2, -0.15) is 0 Å². The van der Waals surface area contributed by atoms with Crippen LogP contribution in [0.3, 0.4) is 0 Å². The van der Waals surface area contributed by atoms with Crippen LogP contribution < -0.4 is 4.72 Å². The number of hydrogen-bond donors (Lipinski definition) is 2. The highest BCUT2D eigenvalue weighted by atomic mass is 32.2. The number of carboxylic acid groups (broad SMARTS) is 1. The molecule has 1 aliphatic heterocycles. The van der Waals surface area contributed by atoms with Gasteiger partial charge in [0.2, 0.25) is 10.0 Å². The van der Waals surface area contributed by atoms with Crippen LogP contribution in [0.1, 0.15) is 16.8 Å². The van der Waals surface area contributed by atoms with E-state index in [0.29, 0.717) is 0 Å². The second kappa shape index (κ2) is 5.26. The van der Waals surface area contributed by atoms with Gasteiger partial charge in [0, 0.05) is 0 Å². The molecular weight excluding hydrogens is 325 g/mol. The van der Waals surface area contributed by atoms with Crippen molar-refractivity contribution in [3.05, 3.63) is 29.6 Å². The maximum atomic E-state index is 13.7. The van der Waals surface area contributed by atoms with Crippen LogP contribution in [0.15, 0.2) is 18.2 Å². The van der Waals surface area contributed by atoms with Gasteiger partial charge in [0.1, 0.15) is 5.82 Å². The van der Waals surface area contributed by atoms with Crippen molar-refractivity contribution >= 4 is 31.5 Å². The van der Waals surface area contributed by atoms with Crippen LogP contribution >= 0.6 is 0 Å². The fourth-order valence-corrected chi connectivity index (χ4v) is 6.16. The minimum atomic E-state index is -4.20. The van der Waals surface area contributed by atoms with Crippen LogP contribution in [0.5, 0.6) is 0 Å². The minimum absolute atomic E-state index is 0.103. The Morgan fingerprint density at radius 3 is 2.57 bits per heavy atom. The van der Waals surface area contributed by atoms with Crippen molar-refractivity contribution in [2.45, 2.75) is 11.7 Å². The van der Waals surface area contributed by atoms with Gasteiger partial charge in [0.05, 0.1) is 28.0 Å². The summed E-state index contributed by atoms with van der Waals surface area (Å²) in [4.78, 5) is 11.0. The van der Waals surface area contributed by atoms with Gasteiger partial charge in [-0.05, 0) is 18.6 Å². The molecule has 0 amide bonds. The molecular formula is C11H12FNO6S2. The SMILES string of the molecule is O=C(O)c1cccc(F)c1NS(=O)(=O)C1CCS(=O)(=O)C1. The lowest BCUT2D eigenvalue weighted by atomic mass is 10.2. The quantitative estimate of drug-likeness (QED) is 0.824. The Morgan fingerprint density at radius 1 is 1.38 bits per heavy atom. The Kier molecular flexibility index (Phi) is 3.93. The second-order valence-corrected chi connectivity index (χ2v) is 8.83. The molecule has 1 aromatic rings. The third-order valence-electron chi connectivity index (χ3n) is 3.12. The molecule has 1 aliphatic rings. The molecule has 2 rings (SSSR count). The summed E-state index contributed by atoms with van der Waals surface area (Å²) in [7, 11) is -7.63. The lowest BCUT2D eigenvalue weighted by Crippen LogP contribution is -2.30. The number of anilines is 1. The first-order valence-corrected chi connectivity index (χ1v) is 9.23. The highest BCUT2D eigenvalue weighted by molar-refractivity contribution is 7.97. The molecule has 1 heterocycles. The molecule has 0 spiro atoms. The van der Waals surface area contributed by atoms with Crippen LogP contribution in [0.25, 0.3) is 0 Å². The van der Waals surface area contributed by atoms with E-state index in [2.05, 4.69) is 0 Å². The van der Waals surface area contributed by atoms with Gasteiger partial charge < -0.3 is 5.11 Å². The Morgan fingerprint density at radius 2 is 2.05 bits per heavy atom. The van der Waals surface area contributed by atoms with E-state index < -0.39 is 53.9 Å². The Labute approximate surface area is 120 Å². The summed E-state index contributed by atoms with van der Waals surface area (Å²) in [6, 6.07) is 3.10. The van der Waals surface area contributed by atoms with Crippen LogP contribution in [-0.2, 0) is 19.9 Å². The van der Waals surface area contributed by atoms with E-state index in [0.717, 1.165) is 18.2 Å². The van der Waals surface area contributed by atoms with Crippen molar-refractivity contribution in [3.63, 3.8) is 0 Å². The number of hydrogen-bond acceptors (Lipinski definition) is 5. The Balaban J connectivity index is 2.36. The van der Waals surface area contributed by atoms with E-state index in [9.17, 15) is 26.0 Å². The van der Waals surface area contributed by atoms with Crippen molar-refractivity contribution in [2.24, 2.45) is 0 Å². The normalized spacial score (nSPS) is 21.1. The molecule has 1 fully saturated rings. The largest absolute Gasteiger partial charge is 0.478 e. The van der Waals surface area contributed by atoms with Gasteiger partial charge in [-0.25, -0.2) is 26.0 Å². The average Bonchev–Trinajstić information content (AvgIpc) is 2.72. The molecule has 116 valence electrons. The number of aromatic carboxylic acids is 1. The van der Waals surface area contributed by atoms with Gasteiger partial charge in [-0.1, -0.05) is 6.07 Å². The van der Waals surface area contributed by atoms with Gasteiger partial charge in [-0.3, -0.25) is 4.72 Å². The predicted octanol–water partition coefficient (Wildman–Crippen LogP) is 0.453. The molecule has 10 heteroatoms. The molecule has 1 saturated heterocycles. The highest BCUT2D eigenvalue weighted by Gasteiger charge is 2.38. The third-order valence-corrected chi connectivity index (χ3v) is 6.87. The third kappa shape index (κ3) is 3.32. The van der Waals surface area contributed by atoms with E-state index in [1.165, 1.54) is 0 Å². The molecule has 0 bridgehead atoms. The van der Waals surface area contributed by atoms with Crippen molar-refractivity contribution < 1.29 is 31.1 Å². The number of nitrogens with one attached hydrogen (secondary N) is 1. The minimum Gasteiger partial charge on any atom is -0.478 e. The summed E-state index contributed by atoms with van der Waals surface area (Å²) < 4.78 is 62.3. The average molecular weight is 337 g/mol. The fraction of sp³-hybridized carbons (Fsp3) is 0.364. The maximum absolute atomic E-state index is 13.7. The molecule has 0 aliphatic carbocycles. The van der Waals surface area contributed by atoms with E-state index in [4.69, 9.17) is 5.11 Å². The number of benzene rings is 1.